The number of rotatable bonds is 9. The summed E-state index contributed by atoms with van der Waals surface area (Å²) in [5.74, 6) is 0.528. The molecule has 2 aliphatic heterocycles. The first-order chi connectivity index (χ1) is 19.5. The Bertz CT molecular complexity index is 1360. The molecule has 2 aliphatic rings. The standard InChI is InChI=1S/C31H33ClN4O3S/c1-39-26-13-11-25(12-14-26)35-19-17-34(18-20-35)16-4-15-33-30(37)22-36-27-5-2-3-6-28(27)40-29(31(36)38)21-23-7-9-24(32)10-8-23/h2-3,5-14,21H,4,15-20,22H2,1H3,(H,33,37)/b29-21-. The SMILES string of the molecule is COc1ccc(N2CCN(CCCNC(=O)CN3C(=O)/C(=C/c4ccc(Cl)cc4)Sc4ccccc43)CC2)cc1. The summed E-state index contributed by atoms with van der Waals surface area (Å²) in [4.78, 5) is 34.2. The number of carbonyl (C=O) groups is 2. The van der Waals surface area contributed by atoms with Crippen LogP contribution >= 0.6 is 23.4 Å². The van der Waals surface area contributed by atoms with E-state index in [1.807, 2.05) is 54.6 Å². The molecule has 9 heteroatoms. The number of anilines is 2. The monoisotopic (exact) mass is 576 g/mol. The van der Waals surface area contributed by atoms with Crippen LogP contribution in [0.5, 0.6) is 5.75 Å². The molecule has 1 fully saturated rings. The number of carbonyl (C=O) groups excluding carboxylic acids is 2. The fourth-order valence-corrected chi connectivity index (χ4v) is 6.07. The van der Waals surface area contributed by atoms with E-state index >= 15 is 0 Å². The smallest absolute Gasteiger partial charge is 0.265 e. The number of thioether (sulfide) groups is 1. The van der Waals surface area contributed by atoms with Crippen LogP contribution < -0.4 is 19.9 Å². The highest BCUT2D eigenvalue weighted by Crippen LogP contribution is 2.42. The fraction of sp³-hybridized carbons (Fsp3) is 0.290. The third-order valence-corrected chi connectivity index (χ3v) is 8.41. The maximum Gasteiger partial charge on any atom is 0.265 e. The maximum atomic E-state index is 13.4. The molecule has 0 unspecified atom stereocenters. The van der Waals surface area contributed by atoms with E-state index in [2.05, 4.69) is 27.2 Å². The quantitative estimate of drug-likeness (QED) is 0.280. The molecule has 2 amide bonds. The van der Waals surface area contributed by atoms with E-state index in [0.29, 0.717) is 16.5 Å². The molecule has 0 radical (unpaired) electrons. The number of piperazine rings is 1. The zero-order valence-electron chi connectivity index (χ0n) is 22.5. The van der Waals surface area contributed by atoms with Crippen LogP contribution in [0.4, 0.5) is 11.4 Å². The van der Waals surface area contributed by atoms with Crippen molar-refractivity contribution in [1.82, 2.24) is 10.2 Å². The Hall–Kier alpha value is -3.46. The van der Waals surface area contributed by atoms with Gasteiger partial charge in [0.05, 0.1) is 17.7 Å². The lowest BCUT2D eigenvalue weighted by Gasteiger charge is -2.36. The van der Waals surface area contributed by atoms with Crippen LogP contribution in [-0.2, 0) is 9.59 Å². The second-order valence-corrected chi connectivity index (χ2v) is 11.3. The van der Waals surface area contributed by atoms with Crippen molar-refractivity contribution in [2.45, 2.75) is 11.3 Å². The van der Waals surface area contributed by atoms with Crippen molar-refractivity contribution in [1.29, 1.82) is 0 Å². The van der Waals surface area contributed by atoms with E-state index in [9.17, 15) is 9.59 Å². The highest BCUT2D eigenvalue weighted by Gasteiger charge is 2.30. The number of hydrogen-bond donors (Lipinski definition) is 1. The third kappa shape index (κ3) is 6.99. The molecule has 3 aromatic carbocycles. The molecule has 0 aliphatic carbocycles. The Morgan fingerprint density at radius 3 is 2.45 bits per heavy atom. The van der Waals surface area contributed by atoms with Crippen LogP contribution in [0.25, 0.3) is 6.08 Å². The van der Waals surface area contributed by atoms with Gasteiger partial charge in [-0.15, -0.1) is 0 Å². The number of nitrogens with zero attached hydrogens (tertiary/aromatic N) is 3. The van der Waals surface area contributed by atoms with Crippen molar-refractivity contribution in [2.75, 3.05) is 62.7 Å². The first-order valence-corrected chi connectivity index (χ1v) is 14.6. The van der Waals surface area contributed by atoms with Gasteiger partial charge in [-0.1, -0.05) is 47.6 Å². The minimum atomic E-state index is -0.177. The van der Waals surface area contributed by atoms with Crippen LogP contribution in [0.2, 0.25) is 5.02 Å². The fourth-order valence-electron chi connectivity index (χ4n) is 4.88. The number of ether oxygens (including phenoxy) is 1. The summed E-state index contributed by atoms with van der Waals surface area (Å²) in [6.07, 6.45) is 2.70. The Morgan fingerprint density at radius 1 is 1.00 bits per heavy atom. The van der Waals surface area contributed by atoms with Crippen molar-refractivity contribution < 1.29 is 14.3 Å². The number of nitrogens with one attached hydrogen (secondary N) is 1. The minimum absolute atomic E-state index is 0.0189. The molecular formula is C31H33ClN4O3S. The number of hydrogen-bond acceptors (Lipinski definition) is 6. The van der Waals surface area contributed by atoms with Crippen molar-refractivity contribution >= 4 is 52.6 Å². The summed E-state index contributed by atoms with van der Waals surface area (Å²) in [5, 5.41) is 3.66. The van der Waals surface area contributed by atoms with Gasteiger partial charge in [-0.2, -0.15) is 0 Å². The van der Waals surface area contributed by atoms with E-state index in [4.69, 9.17) is 16.3 Å². The average Bonchev–Trinajstić information content (AvgIpc) is 2.99. The van der Waals surface area contributed by atoms with Crippen molar-refractivity contribution in [2.24, 2.45) is 0 Å². The number of halogens is 1. The molecule has 3 aromatic rings. The molecule has 7 nitrogen and oxygen atoms in total. The zero-order chi connectivity index (χ0) is 27.9. The average molecular weight is 577 g/mol. The number of fused-ring (bicyclic) bond motifs is 1. The second-order valence-electron chi connectivity index (χ2n) is 9.75. The molecule has 40 heavy (non-hydrogen) atoms. The predicted molar refractivity (Wildman–Crippen MR) is 163 cm³/mol. The molecule has 1 saturated heterocycles. The predicted octanol–water partition coefficient (Wildman–Crippen LogP) is 5.16. The van der Waals surface area contributed by atoms with E-state index in [0.717, 1.165) is 61.0 Å². The van der Waals surface area contributed by atoms with E-state index < -0.39 is 0 Å². The second kappa shape index (κ2) is 13.3. The lowest BCUT2D eigenvalue weighted by molar-refractivity contribution is -0.122. The van der Waals surface area contributed by atoms with Gasteiger partial charge in [0.2, 0.25) is 5.91 Å². The van der Waals surface area contributed by atoms with Gasteiger partial charge in [0.25, 0.3) is 5.91 Å². The lowest BCUT2D eigenvalue weighted by Crippen LogP contribution is -2.47. The molecule has 2 heterocycles. The number of amides is 2. The summed E-state index contributed by atoms with van der Waals surface area (Å²) >= 11 is 7.43. The van der Waals surface area contributed by atoms with Crippen LogP contribution in [0, 0.1) is 0 Å². The normalized spacial score (nSPS) is 16.6. The molecule has 0 bridgehead atoms. The summed E-state index contributed by atoms with van der Waals surface area (Å²) in [6.45, 7) is 5.39. The van der Waals surface area contributed by atoms with Gasteiger partial charge in [-0.3, -0.25) is 19.4 Å². The largest absolute Gasteiger partial charge is 0.497 e. The Labute approximate surface area is 244 Å². The molecule has 208 valence electrons. The number of benzene rings is 3. The summed E-state index contributed by atoms with van der Waals surface area (Å²) < 4.78 is 5.26. The number of para-hydroxylation sites is 1. The topological polar surface area (TPSA) is 65.1 Å². The molecular weight excluding hydrogens is 544 g/mol. The Balaban J connectivity index is 1.10. The first kappa shape index (κ1) is 28.1. The molecule has 0 spiro atoms. The molecule has 0 atom stereocenters. The molecule has 1 N–H and O–H groups in total. The van der Waals surface area contributed by atoms with Gasteiger partial charge in [0.15, 0.2) is 0 Å². The van der Waals surface area contributed by atoms with E-state index in [1.54, 1.807) is 24.1 Å². The van der Waals surface area contributed by atoms with Gasteiger partial charge in [-0.25, -0.2) is 0 Å². The van der Waals surface area contributed by atoms with E-state index in [-0.39, 0.29) is 18.4 Å². The summed E-state index contributed by atoms with van der Waals surface area (Å²) in [5.41, 5.74) is 2.86. The molecule has 5 rings (SSSR count). The molecule has 0 aromatic heterocycles. The highest BCUT2D eigenvalue weighted by atomic mass is 35.5. The van der Waals surface area contributed by atoms with Gasteiger partial charge in [0.1, 0.15) is 12.3 Å². The van der Waals surface area contributed by atoms with Crippen LogP contribution in [0.1, 0.15) is 12.0 Å². The van der Waals surface area contributed by atoms with Crippen LogP contribution in [0.3, 0.4) is 0 Å². The van der Waals surface area contributed by atoms with Crippen LogP contribution in [0.15, 0.2) is 82.6 Å². The Morgan fingerprint density at radius 2 is 1.73 bits per heavy atom. The van der Waals surface area contributed by atoms with Gasteiger partial charge in [-0.05, 0) is 73.1 Å². The zero-order valence-corrected chi connectivity index (χ0v) is 24.1. The lowest BCUT2D eigenvalue weighted by atomic mass is 10.2. The third-order valence-electron chi connectivity index (χ3n) is 7.08. The van der Waals surface area contributed by atoms with Gasteiger partial charge >= 0.3 is 0 Å². The van der Waals surface area contributed by atoms with E-state index in [1.165, 1.54) is 17.4 Å². The van der Waals surface area contributed by atoms with Crippen molar-refractivity contribution in [3.63, 3.8) is 0 Å². The first-order valence-electron chi connectivity index (χ1n) is 13.4. The van der Waals surface area contributed by atoms with Crippen molar-refractivity contribution in [3.8, 4) is 5.75 Å². The maximum absolute atomic E-state index is 13.4. The highest BCUT2D eigenvalue weighted by molar-refractivity contribution is 8.04. The molecule has 0 saturated carbocycles. The Kier molecular flexibility index (Phi) is 9.31. The summed E-state index contributed by atoms with van der Waals surface area (Å²) in [6, 6.07) is 23.2. The van der Waals surface area contributed by atoms with Gasteiger partial charge < -0.3 is 15.0 Å². The van der Waals surface area contributed by atoms with Gasteiger partial charge in [0, 0.05) is 48.3 Å². The van der Waals surface area contributed by atoms with Crippen LogP contribution in [-0.4, -0.2) is 69.6 Å². The van der Waals surface area contributed by atoms with Crippen molar-refractivity contribution in [3.05, 3.63) is 88.3 Å². The summed E-state index contributed by atoms with van der Waals surface area (Å²) in [7, 11) is 1.68. The minimum Gasteiger partial charge on any atom is -0.497 e. The number of methoxy groups -OCH3 is 1.